The number of anilines is 2. The summed E-state index contributed by atoms with van der Waals surface area (Å²) in [7, 11) is 0. The van der Waals surface area contributed by atoms with Gasteiger partial charge in [0.25, 0.3) is 5.56 Å². The highest BCUT2D eigenvalue weighted by Gasteiger charge is 2.13. The molecule has 0 radical (unpaired) electrons. The first-order valence-electron chi connectivity index (χ1n) is 6.60. The monoisotopic (exact) mass is 278 g/mol. The Bertz CT molecular complexity index is 733. The van der Waals surface area contributed by atoms with E-state index in [1.807, 2.05) is 0 Å². The highest BCUT2D eigenvalue weighted by Crippen LogP contribution is 2.13. The zero-order chi connectivity index (χ0) is 14.7. The summed E-state index contributed by atoms with van der Waals surface area (Å²) in [6, 6.07) is 0. The molecule has 0 bridgehead atoms. The Hall–Kier alpha value is -2.38. The fourth-order valence-electron chi connectivity index (χ4n) is 2.12. The first-order chi connectivity index (χ1) is 9.54. The number of H-pyrrole nitrogens is 1. The second-order valence-corrected chi connectivity index (χ2v) is 4.64. The van der Waals surface area contributed by atoms with Crippen molar-refractivity contribution in [2.45, 2.75) is 39.2 Å². The van der Waals surface area contributed by atoms with Gasteiger partial charge in [-0.2, -0.15) is 9.97 Å². The van der Waals surface area contributed by atoms with Gasteiger partial charge >= 0.3 is 5.69 Å². The number of hydrogen-bond acceptors (Lipinski definition) is 6. The van der Waals surface area contributed by atoms with E-state index in [9.17, 15) is 9.59 Å². The third kappa shape index (κ3) is 2.63. The van der Waals surface area contributed by atoms with Crippen LogP contribution >= 0.6 is 0 Å². The predicted molar refractivity (Wildman–Crippen MR) is 77.4 cm³/mol. The number of unbranched alkanes of at least 4 members (excludes halogenated alkanes) is 3. The lowest BCUT2D eigenvalue weighted by Gasteiger charge is -2.09. The van der Waals surface area contributed by atoms with Gasteiger partial charge in [0.1, 0.15) is 11.2 Å². The molecule has 8 heteroatoms. The minimum absolute atomic E-state index is 0.0175. The zero-order valence-corrected chi connectivity index (χ0v) is 11.3. The molecule has 0 spiro atoms. The molecule has 0 aliphatic carbocycles. The summed E-state index contributed by atoms with van der Waals surface area (Å²) in [4.78, 5) is 33.7. The van der Waals surface area contributed by atoms with E-state index in [0.29, 0.717) is 6.54 Å². The smallest absolute Gasteiger partial charge is 0.330 e. The van der Waals surface area contributed by atoms with Crippen LogP contribution in [0.15, 0.2) is 9.59 Å². The lowest BCUT2D eigenvalue weighted by Crippen LogP contribution is -2.32. The summed E-state index contributed by atoms with van der Waals surface area (Å²) < 4.78 is 1.39. The largest absolute Gasteiger partial charge is 0.383 e. The normalized spacial score (nSPS) is 11.1. The van der Waals surface area contributed by atoms with Crippen LogP contribution in [0, 0.1) is 0 Å². The molecule has 0 unspecified atom stereocenters. The minimum Gasteiger partial charge on any atom is -0.383 e. The van der Waals surface area contributed by atoms with Crippen molar-refractivity contribution in [2.75, 3.05) is 11.5 Å². The summed E-state index contributed by atoms with van der Waals surface area (Å²) in [5, 5.41) is 0.106. The van der Waals surface area contributed by atoms with Crippen molar-refractivity contribution in [3.63, 3.8) is 0 Å². The van der Waals surface area contributed by atoms with Crippen molar-refractivity contribution < 1.29 is 0 Å². The highest BCUT2D eigenvalue weighted by atomic mass is 16.2. The minimum atomic E-state index is -0.590. The quantitative estimate of drug-likeness (QED) is 0.670. The third-order valence-corrected chi connectivity index (χ3v) is 3.12. The van der Waals surface area contributed by atoms with Crippen LogP contribution in [0.1, 0.15) is 32.6 Å². The van der Waals surface area contributed by atoms with E-state index in [1.54, 1.807) is 0 Å². The van der Waals surface area contributed by atoms with Gasteiger partial charge in [-0.05, 0) is 6.42 Å². The van der Waals surface area contributed by atoms with Crippen LogP contribution in [0.3, 0.4) is 0 Å². The predicted octanol–water partition coefficient (Wildman–Crippen LogP) is 0.225. The number of aromatic nitrogens is 4. The van der Waals surface area contributed by atoms with Crippen molar-refractivity contribution in [2.24, 2.45) is 0 Å². The molecule has 0 atom stereocenters. The van der Waals surface area contributed by atoms with Gasteiger partial charge in [-0.25, -0.2) is 4.79 Å². The number of rotatable bonds is 5. The summed E-state index contributed by atoms with van der Waals surface area (Å²) in [6.07, 6.45) is 4.01. The second kappa shape index (κ2) is 5.72. The van der Waals surface area contributed by atoms with Crippen LogP contribution in [0.2, 0.25) is 0 Å². The van der Waals surface area contributed by atoms with E-state index in [0.717, 1.165) is 25.7 Å². The summed E-state index contributed by atoms with van der Waals surface area (Å²) in [5.74, 6) is -0.0710. The van der Waals surface area contributed by atoms with E-state index in [1.165, 1.54) is 4.57 Å². The summed E-state index contributed by atoms with van der Waals surface area (Å²) in [5.41, 5.74) is 10.3. The molecule has 0 saturated carbocycles. The van der Waals surface area contributed by atoms with E-state index in [4.69, 9.17) is 11.5 Å². The molecule has 0 fully saturated rings. The van der Waals surface area contributed by atoms with Crippen molar-refractivity contribution in [1.29, 1.82) is 0 Å². The number of aromatic amines is 1. The molecule has 0 aliphatic heterocycles. The number of aryl methyl sites for hydroxylation is 1. The topological polar surface area (TPSA) is 133 Å². The molecule has 2 rings (SSSR count). The maximum atomic E-state index is 11.9. The van der Waals surface area contributed by atoms with Gasteiger partial charge in [0.2, 0.25) is 5.95 Å². The van der Waals surface area contributed by atoms with Crippen LogP contribution in [0.5, 0.6) is 0 Å². The highest BCUT2D eigenvalue weighted by molar-refractivity contribution is 5.85. The Kier molecular flexibility index (Phi) is 4.02. The van der Waals surface area contributed by atoms with Crippen molar-refractivity contribution in [1.82, 2.24) is 19.5 Å². The molecule has 5 N–H and O–H groups in total. The number of nitrogens with zero attached hydrogens (tertiary/aromatic N) is 3. The Labute approximate surface area is 114 Å². The molecule has 2 aromatic heterocycles. The van der Waals surface area contributed by atoms with Crippen molar-refractivity contribution in [3.05, 3.63) is 20.8 Å². The molecule has 20 heavy (non-hydrogen) atoms. The van der Waals surface area contributed by atoms with E-state index in [2.05, 4.69) is 21.9 Å². The number of fused-ring (bicyclic) bond motifs is 1. The molecule has 0 aliphatic rings. The Balaban J connectivity index is 2.53. The third-order valence-electron chi connectivity index (χ3n) is 3.12. The fraction of sp³-hybridized carbons (Fsp3) is 0.500. The van der Waals surface area contributed by atoms with Crippen molar-refractivity contribution in [3.8, 4) is 0 Å². The van der Waals surface area contributed by atoms with Gasteiger partial charge in [0, 0.05) is 6.54 Å². The number of hydrogen-bond donors (Lipinski definition) is 3. The average molecular weight is 278 g/mol. The van der Waals surface area contributed by atoms with E-state index < -0.39 is 11.2 Å². The molecule has 2 heterocycles. The molecular weight excluding hydrogens is 260 g/mol. The number of nitrogens with one attached hydrogen (secondary N) is 1. The Morgan fingerprint density at radius 2 is 1.90 bits per heavy atom. The lowest BCUT2D eigenvalue weighted by molar-refractivity contribution is 0.571. The van der Waals surface area contributed by atoms with Gasteiger partial charge in [0.15, 0.2) is 5.65 Å². The van der Waals surface area contributed by atoms with Gasteiger partial charge in [-0.15, -0.1) is 0 Å². The molecule has 8 nitrogen and oxygen atoms in total. The molecule has 0 amide bonds. The van der Waals surface area contributed by atoms with Crippen LogP contribution in [-0.4, -0.2) is 19.5 Å². The molecule has 108 valence electrons. The van der Waals surface area contributed by atoms with Crippen molar-refractivity contribution >= 4 is 22.8 Å². The fourth-order valence-corrected chi connectivity index (χ4v) is 2.12. The maximum Gasteiger partial charge on any atom is 0.330 e. The van der Waals surface area contributed by atoms with Gasteiger partial charge < -0.3 is 11.5 Å². The molecule has 0 saturated heterocycles. The van der Waals surface area contributed by atoms with Gasteiger partial charge in [0.05, 0.1) is 0 Å². The number of nitrogen functional groups attached to an aromatic ring is 2. The Morgan fingerprint density at radius 1 is 1.15 bits per heavy atom. The standard InChI is InChI=1S/C12H18N6O2/c1-2-3-4-5-6-18-9-7(10(19)17-12(18)20)8(13)15-11(14)16-9/h2-6H2,1H3,(H,17,19,20)(H4,13,14,15,16). The Morgan fingerprint density at radius 3 is 2.60 bits per heavy atom. The number of nitrogens with two attached hydrogens (primary N) is 2. The first kappa shape index (κ1) is 14.0. The molecular formula is C12H18N6O2. The molecule has 0 aromatic carbocycles. The van der Waals surface area contributed by atoms with E-state index in [-0.39, 0.29) is 22.8 Å². The van der Waals surface area contributed by atoms with E-state index >= 15 is 0 Å². The van der Waals surface area contributed by atoms with Crippen LogP contribution in [0.25, 0.3) is 11.0 Å². The van der Waals surface area contributed by atoms with Gasteiger partial charge in [-0.1, -0.05) is 26.2 Å². The SMILES string of the molecule is CCCCCCn1c(=O)[nH]c(=O)c2c(N)nc(N)nc21. The second-order valence-electron chi connectivity index (χ2n) is 4.64. The summed E-state index contributed by atoms with van der Waals surface area (Å²) in [6.45, 7) is 2.57. The zero-order valence-electron chi connectivity index (χ0n) is 11.3. The summed E-state index contributed by atoms with van der Waals surface area (Å²) >= 11 is 0. The van der Waals surface area contributed by atoms with Crippen LogP contribution in [-0.2, 0) is 6.54 Å². The van der Waals surface area contributed by atoms with Crippen LogP contribution in [0.4, 0.5) is 11.8 Å². The maximum absolute atomic E-state index is 11.9. The average Bonchev–Trinajstić information content (AvgIpc) is 2.36. The van der Waals surface area contributed by atoms with Gasteiger partial charge in [-0.3, -0.25) is 14.3 Å². The first-order valence-corrected chi connectivity index (χ1v) is 6.60. The lowest BCUT2D eigenvalue weighted by atomic mass is 10.2. The molecule has 2 aromatic rings. The van der Waals surface area contributed by atoms with Crippen LogP contribution < -0.4 is 22.7 Å².